The topological polar surface area (TPSA) is 55.8 Å². The molecule has 174 valence electrons. The lowest BCUT2D eigenvalue weighted by Gasteiger charge is -2.22. The van der Waals surface area contributed by atoms with Crippen molar-refractivity contribution in [1.29, 1.82) is 0 Å². The molecule has 0 bridgehead atoms. The molecular weight excluding hydrogens is 472 g/mol. The van der Waals surface area contributed by atoms with Crippen LogP contribution in [0.25, 0.3) is 10.4 Å². The highest BCUT2D eigenvalue weighted by Gasteiger charge is 2.31. The van der Waals surface area contributed by atoms with Crippen LogP contribution >= 0.6 is 22.9 Å². The van der Waals surface area contributed by atoms with Crippen LogP contribution in [0.4, 0.5) is 18.6 Å². The first-order valence-corrected chi connectivity index (χ1v) is 11.4. The highest BCUT2D eigenvalue weighted by molar-refractivity contribution is 7.20. The molecule has 1 aromatic heterocycles. The Bertz CT molecular complexity index is 1140. The molecule has 1 amide bonds. The molecule has 33 heavy (non-hydrogen) atoms. The van der Waals surface area contributed by atoms with Gasteiger partial charge in [-0.2, -0.15) is 0 Å². The lowest BCUT2D eigenvalue weighted by atomic mass is 10.1. The van der Waals surface area contributed by atoms with Crippen molar-refractivity contribution in [3.8, 4) is 10.4 Å². The fraction of sp³-hybridized carbons (Fsp3) is 0.250. The summed E-state index contributed by atoms with van der Waals surface area (Å²) in [5.74, 6) is -2.27. The molecule has 0 aliphatic heterocycles. The number of anilines is 1. The normalized spacial score (nSPS) is 10.7. The van der Waals surface area contributed by atoms with Gasteiger partial charge in [0, 0.05) is 15.5 Å². The van der Waals surface area contributed by atoms with Crippen LogP contribution in [0.5, 0.6) is 0 Å². The zero-order valence-corrected chi connectivity index (χ0v) is 19.9. The van der Waals surface area contributed by atoms with Crippen LogP contribution in [0.3, 0.4) is 0 Å². The van der Waals surface area contributed by atoms with Gasteiger partial charge in [0.05, 0.1) is 25.3 Å². The molecule has 0 unspecified atom stereocenters. The van der Waals surface area contributed by atoms with E-state index in [0.717, 1.165) is 33.9 Å². The van der Waals surface area contributed by atoms with Gasteiger partial charge in [0.15, 0.2) is 0 Å². The summed E-state index contributed by atoms with van der Waals surface area (Å²) in [5, 5.41) is 0.721. The molecule has 0 N–H and O–H groups in total. The monoisotopic (exact) mass is 493 g/mol. The Hall–Kier alpha value is -2.97. The van der Waals surface area contributed by atoms with E-state index in [0.29, 0.717) is 15.5 Å². The average molecular weight is 494 g/mol. The number of ether oxygens (including phenoxy) is 2. The first kappa shape index (κ1) is 24.7. The van der Waals surface area contributed by atoms with Gasteiger partial charge in [0.2, 0.25) is 0 Å². The predicted octanol–water partition coefficient (Wildman–Crippen LogP) is 6.99. The number of hydrogen-bond donors (Lipinski definition) is 0. The molecule has 5 nitrogen and oxygen atoms in total. The third kappa shape index (κ3) is 5.34. The van der Waals surface area contributed by atoms with Crippen molar-refractivity contribution in [3.05, 3.63) is 75.8 Å². The number of benzene rings is 2. The molecular formula is C24H22ClF2NO4S. The Morgan fingerprint density at radius 1 is 1.00 bits per heavy atom. The smallest absolute Gasteiger partial charge is 0.415 e. The van der Waals surface area contributed by atoms with Gasteiger partial charge in [-0.05, 0) is 56.2 Å². The summed E-state index contributed by atoms with van der Waals surface area (Å²) in [4.78, 5) is 27.5. The van der Waals surface area contributed by atoms with Crippen LogP contribution in [-0.4, -0.2) is 25.3 Å². The van der Waals surface area contributed by atoms with E-state index < -0.39 is 30.2 Å². The predicted molar refractivity (Wildman–Crippen MR) is 125 cm³/mol. The van der Waals surface area contributed by atoms with Gasteiger partial charge in [-0.15, -0.1) is 11.3 Å². The lowest BCUT2D eigenvalue weighted by molar-refractivity contribution is 0.0527. The SMILES string of the molecule is CCOC(=O)c1c(N(Cc2c(F)cccc2F)C(=O)OCC)sc(-c2ccc(Cl)cc2)c1C. The highest BCUT2D eigenvalue weighted by atomic mass is 35.5. The van der Waals surface area contributed by atoms with E-state index >= 15 is 0 Å². The Labute approximate surface area is 199 Å². The summed E-state index contributed by atoms with van der Waals surface area (Å²) in [5.41, 5.74) is 1.15. The summed E-state index contributed by atoms with van der Waals surface area (Å²) in [6, 6.07) is 10.4. The third-order valence-corrected chi connectivity index (χ3v) is 6.44. The second-order valence-electron chi connectivity index (χ2n) is 6.95. The minimum absolute atomic E-state index is 0.0399. The largest absolute Gasteiger partial charge is 0.462 e. The number of nitrogens with zero attached hydrogens (tertiary/aromatic N) is 1. The highest BCUT2D eigenvalue weighted by Crippen LogP contribution is 2.43. The van der Waals surface area contributed by atoms with Gasteiger partial charge >= 0.3 is 12.1 Å². The van der Waals surface area contributed by atoms with Crippen molar-refractivity contribution in [2.75, 3.05) is 18.1 Å². The molecule has 3 rings (SSSR count). The van der Waals surface area contributed by atoms with Crippen LogP contribution in [-0.2, 0) is 16.0 Å². The van der Waals surface area contributed by atoms with E-state index in [2.05, 4.69) is 0 Å². The van der Waals surface area contributed by atoms with Gasteiger partial charge in [-0.1, -0.05) is 29.8 Å². The lowest BCUT2D eigenvalue weighted by Crippen LogP contribution is -2.32. The second kappa shape index (κ2) is 10.8. The molecule has 0 atom stereocenters. The van der Waals surface area contributed by atoms with Gasteiger partial charge in [0.1, 0.15) is 16.6 Å². The quantitative estimate of drug-likeness (QED) is 0.333. The zero-order valence-electron chi connectivity index (χ0n) is 18.3. The standard InChI is InChI=1S/C24H22ClF2NO4S/c1-4-31-23(29)20-14(3)21(15-9-11-16(25)12-10-15)33-22(20)28(24(30)32-5-2)13-17-18(26)7-6-8-19(17)27/h6-12H,4-5,13H2,1-3H3. The Morgan fingerprint density at radius 3 is 2.18 bits per heavy atom. The maximum atomic E-state index is 14.4. The van der Waals surface area contributed by atoms with Crippen LogP contribution in [0.15, 0.2) is 42.5 Å². The Morgan fingerprint density at radius 2 is 1.61 bits per heavy atom. The van der Waals surface area contributed by atoms with Crippen molar-refractivity contribution in [2.24, 2.45) is 0 Å². The fourth-order valence-electron chi connectivity index (χ4n) is 3.27. The summed E-state index contributed by atoms with van der Waals surface area (Å²) >= 11 is 7.13. The first-order valence-electron chi connectivity index (χ1n) is 10.2. The number of halogens is 3. The molecule has 9 heteroatoms. The molecule has 0 aliphatic carbocycles. The van der Waals surface area contributed by atoms with E-state index in [9.17, 15) is 18.4 Å². The van der Waals surface area contributed by atoms with E-state index in [1.165, 1.54) is 6.07 Å². The minimum Gasteiger partial charge on any atom is -0.462 e. The van der Waals surface area contributed by atoms with Crippen LogP contribution in [0.1, 0.15) is 35.3 Å². The molecule has 2 aromatic carbocycles. The number of rotatable bonds is 7. The molecule has 0 saturated carbocycles. The molecule has 0 aliphatic rings. The number of amides is 1. The summed E-state index contributed by atoms with van der Waals surface area (Å²) in [6.45, 7) is 4.69. The third-order valence-electron chi connectivity index (χ3n) is 4.83. The van der Waals surface area contributed by atoms with Gasteiger partial charge in [0.25, 0.3) is 0 Å². The molecule has 0 fully saturated rings. The molecule has 0 radical (unpaired) electrons. The van der Waals surface area contributed by atoms with Crippen molar-refractivity contribution in [3.63, 3.8) is 0 Å². The van der Waals surface area contributed by atoms with Crippen molar-refractivity contribution >= 4 is 40.0 Å². The number of esters is 1. The van der Waals surface area contributed by atoms with Crippen LogP contribution in [0.2, 0.25) is 5.02 Å². The number of carbonyl (C=O) groups is 2. The Balaban J connectivity index is 2.20. The van der Waals surface area contributed by atoms with Crippen molar-refractivity contribution < 1.29 is 27.8 Å². The van der Waals surface area contributed by atoms with E-state index in [1.54, 1.807) is 45.0 Å². The summed E-state index contributed by atoms with van der Waals surface area (Å²) < 4.78 is 39.2. The summed E-state index contributed by atoms with van der Waals surface area (Å²) in [6.07, 6.45) is -0.838. The van der Waals surface area contributed by atoms with Gasteiger partial charge in [-0.25, -0.2) is 18.4 Å². The van der Waals surface area contributed by atoms with Crippen molar-refractivity contribution in [2.45, 2.75) is 27.3 Å². The molecule has 3 aromatic rings. The van der Waals surface area contributed by atoms with Crippen molar-refractivity contribution in [1.82, 2.24) is 0 Å². The maximum Gasteiger partial charge on any atom is 0.415 e. The molecule has 0 saturated heterocycles. The number of thiophene rings is 1. The Kier molecular flexibility index (Phi) is 8.05. The van der Waals surface area contributed by atoms with E-state index in [-0.39, 0.29) is 29.3 Å². The molecule has 1 heterocycles. The average Bonchev–Trinajstić information content (AvgIpc) is 3.11. The summed E-state index contributed by atoms with van der Waals surface area (Å²) in [7, 11) is 0. The van der Waals surface area contributed by atoms with Crippen LogP contribution in [0, 0.1) is 18.6 Å². The second-order valence-corrected chi connectivity index (χ2v) is 8.38. The van der Waals surface area contributed by atoms with E-state index in [1.807, 2.05) is 0 Å². The molecule has 0 spiro atoms. The number of hydrogen-bond acceptors (Lipinski definition) is 5. The van der Waals surface area contributed by atoms with Gasteiger partial charge < -0.3 is 9.47 Å². The fourth-order valence-corrected chi connectivity index (χ4v) is 4.69. The van der Waals surface area contributed by atoms with E-state index in [4.69, 9.17) is 21.1 Å². The first-order chi connectivity index (χ1) is 15.8. The zero-order chi connectivity index (χ0) is 24.1. The minimum atomic E-state index is -0.838. The maximum absolute atomic E-state index is 14.4. The number of carbonyl (C=O) groups excluding carboxylic acids is 2. The van der Waals surface area contributed by atoms with Gasteiger partial charge in [-0.3, -0.25) is 4.90 Å². The van der Waals surface area contributed by atoms with Crippen LogP contribution < -0.4 is 4.90 Å².